The SMILES string of the molecule is CNC1CCN(S(=O)(=O)c2cnn(C)c2)C1.Cl. The van der Waals surface area contributed by atoms with E-state index in [0.29, 0.717) is 13.1 Å². The van der Waals surface area contributed by atoms with Crippen LogP contribution in [0.15, 0.2) is 17.3 Å². The summed E-state index contributed by atoms with van der Waals surface area (Å²) in [5, 5.41) is 6.98. The molecule has 0 saturated carbocycles. The van der Waals surface area contributed by atoms with Crippen LogP contribution in [0.2, 0.25) is 0 Å². The van der Waals surface area contributed by atoms with Crippen molar-refractivity contribution in [3.63, 3.8) is 0 Å². The fourth-order valence-corrected chi connectivity index (χ4v) is 3.35. The van der Waals surface area contributed by atoms with E-state index in [-0.39, 0.29) is 23.3 Å². The molecule has 0 amide bonds. The van der Waals surface area contributed by atoms with Crippen molar-refractivity contribution < 1.29 is 8.42 Å². The number of sulfonamides is 1. The summed E-state index contributed by atoms with van der Waals surface area (Å²) in [6.45, 7) is 1.11. The Hall–Kier alpha value is -0.630. The Morgan fingerprint density at radius 2 is 2.24 bits per heavy atom. The van der Waals surface area contributed by atoms with Gasteiger partial charge in [0.15, 0.2) is 0 Å². The molecule has 1 atom stereocenters. The molecule has 0 bridgehead atoms. The molecule has 2 rings (SSSR count). The molecule has 1 fully saturated rings. The van der Waals surface area contributed by atoms with E-state index in [2.05, 4.69) is 10.4 Å². The van der Waals surface area contributed by atoms with Gasteiger partial charge in [-0.15, -0.1) is 12.4 Å². The molecular formula is C9H17ClN4O2S. The molecule has 1 aliphatic rings. The molecule has 98 valence electrons. The zero-order valence-electron chi connectivity index (χ0n) is 9.83. The first-order valence-electron chi connectivity index (χ1n) is 5.20. The third-order valence-electron chi connectivity index (χ3n) is 2.88. The van der Waals surface area contributed by atoms with Gasteiger partial charge in [-0.1, -0.05) is 0 Å². The van der Waals surface area contributed by atoms with Crippen LogP contribution in [0, 0.1) is 0 Å². The maximum atomic E-state index is 12.2. The van der Waals surface area contributed by atoms with E-state index in [1.54, 1.807) is 7.05 Å². The number of halogens is 1. The van der Waals surface area contributed by atoms with Crippen LogP contribution in [-0.2, 0) is 17.1 Å². The summed E-state index contributed by atoms with van der Waals surface area (Å²) >= 11 is 0. The summed E-state index contributed by atoms with van der Waals surface area (Å²) in [6.07, 6.45) is 3.78. The van der Waals surface area contributed by atoms with Crippen molar-refractivity contribution >= 4 is 22.4 Å². The molecule has 1 unspecified atom stereocenters. The predicted molar refractivity (Wildman–Crippen MR) is 66.7 cm³/mol. The van der Waals surface area contributed by atoms with E-state index >= 15 is 0 Å². The standard InChI is InChI=1S/C9H16N4O2S.ClH/c1-10-8-3-4-13(6-8)16(14,15)9-5-11-12(2)7-9;/h5,7-8,10H,3-4,6H2,1-2H3;1H. The Bertz CT molecular complexity index is 473. The first-order chi connectivity index (χ1) is 7.54. The molecule has 8 heteroatoms. The molecule has 1 aromatic rings. The van der Waals surface area contributed by atoms with Crippen molar-refractivity contribution in [3.05, 3.63) is 12.4 Å². The molecule has 2 heterocycles. The maximum absolute atomic E-state index is 12.2. The van der Waals surface area contributed by atoms with Crippen molar-refractivity contribution in [3.8, 4) is 0 Å². The van der Waals surface area contributed by atoms with Crippen LogP contribution in [0.3, 0.4) is 0 Å². The summed E-state index contributed by atoms with van der Waals surface area (Å²) in [6, 6.07) is 0.256. The average molecular weight is 281 g/mol. The number of aryl methyl sites for hydroxylation is 1. The molecular weight excluding hydrogens is 264 g/mol. The molecule has 1 aromatic heterocycles. The van der Waals surface area contributed by atoms with Gasteiger partial charge in [0.1, 0.15) is 4.90 Å². The lowest BCUT2D eigenvalue weighted by atomic mass is 10.3. The van der Waals surface area contributed by atoms with Crippen LogP contribution < -0.4 is 5.32 Å². The summed E-state index contributed by atoms with van der Waals surface area (Å²) < 4.78 is 27.3. The van der Waals surface area contributed by atoms with Crippen LogP contribution >= 0.6 is 12.4 Å². The Morgan fingerprint density at radius 3 is 2.71 bits per heavy atom. The van der Waals surface area contributed by atoms with E-state index in [9.17, 15) is 8.42 Å². The average Bonchev–Trinajstić information content (AvgIpc) is 2.85. The van der Waals surface area contributed by atoms with Crippen molar-refractivity contribution in [2.45, 2.75) is 17.4 Å². The number of hydrogen-bond acceptors (Lipinski definition) is 4. The van der Waals surface area contributed by atoms with E-state index in [0.717, 1.165) is 6.42 Å². The number of likely N-dealkylation sites (N-methyl/N-ethyl adjacent to an activating group) is 1. The van der Waals surface area contributed by atoms with Crippen molar-refractivity contribution in [2.24, 2.45) is 7.05 Å². The summed E-state index contributed by atoms with van der Waals surface area (Å²) in [4.78, 5) is 0.270. The Balaban J connectivity index is 0.00000144. The van der Waals surface area contributed by atoms with Gasteiger partial charge in [0.2, 0.25) is 10.0 Å². The Kier molecular flexibility index (Phi) is 4.54. The monoisotopic (exact) mass is 280 g/mol. The van der Waals surface area contributed by atoms with Gasteiger partial charge in [0, 0.05) is 32.4 Å². The maximum Gasteiger partial charge on any atom is 0.246 e. The Morgan fingerprint density at radius 1 is 1.53 bits per heavy atom. The van der Waals surface area contributed by atoms with E-state index < -0.39 is 10.0 Å². The number of nitrogens with zero attached hydrogens (tertiary/aromatic N) is 3. The number of rotatable bonds is 3. The first kappa shape index (κ1) is 14.4. The van der Waals surface area contributed by atoms with Gasteiger partial charge in [0.25, 0.3) is 0 Å². The molecule has 0 radical (unpaired) electrons. The molecule has 1 saturated heterocycles. The molecule has 0 aromatic carbocycles. The van der Waals surface area contributed by atoms with Crippen LogP contribution in [0.1, 0.15) is 6.42 Å². The van der Waals surface area contributed by atoms with Gasteiger partial charge in [0.05, 0.1) is 6.20 Å². The molecule has 0 aliphatic carbocycles. The van der Waals surface area contributed by atoms with Gasteiger partial charge < -0.3 is 5.32 Å². The number of aromatic nitrogens is 2. The minimum absolute atomic E-state index is 0. The van der Waals surface area contributed by atoms with Crippen molar-refractivity contribution in [1.82, 2.24) is 19.4 Å². The number of hydrogen-bond donors (Lipinski definition) is 1. The van der Waals surface area contributed by atoms with E-state index in [1.807, 2.05) is 7.05 Å². The largest absolute Gasteiger partial charge is 0.316 e. The normalized spacial score (nSPS) is 21.4. The van der Waals surface area contributed by atoms with Crippen LogP contribution in [0.4, 0.5) is 0 Å². The van der Waals surface area contributed by atoms with Crippen molar-refractivity contribution in [1.29, 1.82) is 0 Å². The van der Waals surface area contributed by atoms with E-state index in [1.165, 1.54) is 21.4 Å². The van der Waals surface area contributed by atoms with Gasteiger partial charge in [-0.2, -0.15) is 9.40 Å². The minimum atomic E-state index is -3.35. The highest BCUT2D eigenvalue weighted by atomic mass is 35.5. The third kappa shape index (κ3) is 2.79. The third-order valence-corrected chi connectivity index (χ3v) is 4.70. The summed E-state index contributed by atoms with van der Waals surface area (Å²) in [5.41, 5.74) is 0. The topological polar surface area (TPSA) is 67.2 Å². The fraction of sp³-hybridized carbons (Fsp3) is 0.667. The molecule has 17 heavy (non-hydrogen) atoms. The Labute approximate surface area is 107 Å². The number of nitrogens with one attached hydrogen (secondary N) is 1. The zero-order chi connectivity index (χ0) is 11.8. The molecule has 6 nitrogen and oxygen atoms in total. The quantitative estimate of drug-likeness (QED) is 0.834. The van der Waals surface area contributed by atoms with Crippen LogP contribution in [0.25, 0.3) is 0 Å². The molecule has 0 spiro atoms. The van der Waals surface area contributed by atoms with Gasteiger partial charge >= 0.3 is 0 Å². The highest BCUT2D eigenvalue weighted by molar-refractivity contribution is 7.89. The molecule has 1 N–H and O–H groups in total. The second kappa shape index (κ2) is 5.34. The predicted octanol–water partition coefficient (Wildman–Crippen LogP) is -0.176. The lowest BCUT2D eigenvalue weighted by molar-refractivity contribution is 0.464. The second-order valence-electron chi connectivity index (χ2n) is 3.99. The van der Waals surface area contributed by atoms with E-state index in [4.69, 9.17) is 0 Å². The van der Waals surface area contributed by atoms with Gasteiger partial charge in [-0.05, 0) is 13.5 Å². The highest BCUT2D eigenvalue weighted by Crippen LogP contribution is 2.20. The fourth-order valence-electron chi connectivity index (χ4n) is 1.86. The minimum Gasteiger partial charge on any atom is -0.316 e. The van der Waals surface area contributed by atoms with Crippen LogP contribution in [0.5, 0.6) is 0 Å². The van der Waals surface area contributed by atoms with Gasteiger partial charge in [-0.25, -0.2) is 8.42 Å². The van der Waals surface area contributed by atoms with Gasteiger partial charge in [-0.3, -0.25) is 4.68 Å². The first-order valence-corrected chi connectivity index (χ1v) is 6.64. The lowest BCUT2D eigenvalue weighted by Crippen LogP contribution is -2.33. The van der Waals surface area contributed by atoms with Crippen molar-refractivity contribution in [2.75, 3.05) is 20.1 Å². The molecule has 1 aliphatic heterocycles. The summed E-state index contributed by atoms with van der Waals surface area (Å²) in [5.74, 6) is 0. The summed E-state index contributed by atoms with van der Waals surface area (Å²) in [7, 11) is 0.209. The van der Waals surface area contributed by atoms with Crippen LogP contribution in [-0.4, -0.2) is 48.7 Å². The highest BCUT2D eigenvalue weighted by Gasteiger charge is 2.32. The zero-order valence-corrected chi connectivity index (χ0v) is 11.5. The smallest absolute Gasteiger partial charge is 0.246 e. The second-order valence-corrected chi connectivity index (χ2v) is 5.92. The lowest BCUT2D eigenvalue weighted by Gasteiger charge is -2.14.